The lowest BCUT2D eigenvalue weighted by molar-refractivity contribution is -0.152. The number of aliphatic carboxylic acids is 1. The van der Waals surface area contributed by atoms with Gasteiger partial charge in [-0.2, -0.15) is 0 Å². The number of allylic oxidation sites excluding steroid dienone is 2. The first-order chi connectivity index (χ1) is 16.7. The first-order valence-corrected chi connectivity index (χ1v) is 14.3. The predicted molar refractivity (Wildman–Crippen MR) is 137 cm³/mol. The smallest absolute Gasteiger partial charge is 0.303 e. The highest BCUT2D eigenvalue weighted by Gasteiger charge is 2.64. The second kappa shape index (κ2) is 10.7. The Morgan fingerprint density at radius 2 is 1.83 bits per heavy atom. The van der Waals surface area contributed by atoms with Crippen molar-refractivity contribution in [3.8, 4) is 0 Å². The van der Waals surface area contributed by atoms with Gasteiger partial charge in [0.15, 0.2) is 5.78 Å². The maximum atomic E-state index is 14.2. The zero-order valence-electron chi connectivity index (χ0n) is 22.7. The molecule has 0 aromatic heterocycles. The molecule has 35 heavy (non-hydrogen) atoms. The second-order valence-electron chi connectivity index (χ2n) is 12.5. The van der Waals surface area contributed by atoms with E-state index in [1.165, 1.54) is 6.42 Å². The van der Waals surface area contributed by atoms with Crippen LogP contribution in [0.1, 0.15) is 92.4 Å². The summed E-state index contributed by atoms with van der Waals surface area (Å²) in [6.45, 7) is 13.2. The summed E-state index contributed by atoms with van der Waals surface area (Å²) in [6, 6.07) is 0. The molecule has 5 nitrogen and oxygen atoms in total. The van der Waals surface area contributed by atoms with E-state index in [0.29, 0.717) is 55.2 Å². The third-order valence-corrected chi connectivity index (χ3v) is 11.0. The average Bonchev–Trinajstić information content (AvgIpc) is 3.18. The van der Waals surface area contributed by atoms with Gasteiger partial charge >= 0.3 is 5.97 Å². The van der Waals surface area contributed by atoms with Crippen molar-refractivity contribution in [2.45, 2.75) is 98.5 Å². The molecule has 198 valence electrons. The number of Topliss-reactive ketones (excluding diaryl/α,β-unsaturated/α-hetero) is 1. The van der Waals surface area contributed by atoms with Crippen molar-refractivity contribution in [2.24, 2.45) is 46.3 Å². The van der Waals surface area contributed by atoms with Gasteiger partial charge in [-0.1, -0.05) is 26.8 Å². The standard InChI is InChI=1S/C30H48O5/c1-6-21-25-18-20(35-17-16-34-7-2)12-14-30(25,5)24-13-15-29(4)22(19(3)8-11-26(31)32)9-10-23(29)27(24)28(21)33/h6,19-20,22-25,27H,7-18H2,1-5H3,(H,31,32)/t19-,20-,22-,23+,24+,25+,27+,29-,30-/m1/s1. The summed E-state index contributed by atoms with van der Waals surface area (Å²) in [5.41, 5.74) is 1.38. The number of carbonyl (C=O) groups is 2. The third kappa shape index (κ3) is 4.77. The molecule has 0 bridgehead atoms. The van der Waals surface area contributed by atoms with Crippen LogP contribution in [-0.2, 0) is 19.1 Å². The number of hydrogen-bond donors (Lipinski definition) is 1. The Bertz CT molecular complexity index is 820. The van der Waals surface area contributed by atoms with E-state index in [4.69, 9.17) is 9.47 Å². The summed E-state index contributed by atoms with van der Waals surface area (Å²) >= 11 is 0. The zero-order valence-corrected chi connectivity index (χ0v) is 22.7. The summed E-state index contributed by atoms with van der Waals surface area (Å²) in [6.07, 6.45) is 11.1. The number of carboxylic acid groups (broad SMARTS) is 1. The van der Waals surface area contributed by atoms with Gasteiger partial charge in [0, 0.05) is 18.9 Å². The maximum absolute atomic E-state index is 14.2. The van der Waals surface area contributed by atoms with Crippen molar-refractivity contribution in [1.82, 2.24) is 0 Å². The first-order valence-electron chi connectivity index (χ1n) is 14.3. The van der Waals surface area contributed by atoms with E-state index in [1.807, 2.05) is 6.92 Å². The fourth-order valence-corrected chi connectivity index (χ4v) is 9.27. The van der Waals surface area contributed by atoms with Crippen molar-refractivity contribution < 1.29 is 24.2 Å². The topological polar surface area (TPSA) is 72.8 Å². The van der Waals surface area contributed by atoms with Crippen molar-refractivity contribution in [2.75, 3.05) is 19.8 Å². The number of ketones is 1. The van der Waals surface area contributed by atoms with E-state index in [-0.39, 0.29) is 29.3 Å². The summed E-state index contributed by atoms with van der Waals surface area (Å²) < 4.78 is 11.7. The summed E-state index contributed by atoms with van der Waals surface area (Å²) in [5.74, 6) is 1.95. The quantitative estimate of drug-likeness (QED) is 0.304. The van der Waals surface area contributed by atoms with E-state index >= 15 is 0 Å². The molecule has 1 N–H and O–H groups in total. The van der Waals surface area contributed by atoms with Crippen LogP contribution in [0.5, 0.6) is 0 Å². The molecule has 0 aromatic rings. The number of hydrogen-bond acceptors (Lipinski definition) is 4. The molecular formula is C30H48O5. The largest absolute Gasteiger partial charge is 0.481 e. The van der Waals surface area contributed by atoms with Gasteiger partial charge in [0.2, 0.25) is 0 Å². The van der Waals surface area contributed by atoms with Crippen LogP contribution in [0.4, 0.5) is 0 Å². The Hall–Kier alpha value is -1.20. The second-order valence-corrected chi connectivity index (χ2v) is 12.5. The first kappa shape index (κ1) is 26.9. The summed E-state index contributed by atoms with van der Waals surface area (Å²) in [7, 11) is 0. The van der Waals surface area contributed by atoms with Crippen LogP contribution in [0.15, 0.2) is 11.6 Å². The van der Waals surface area contributed by atoms with Crippen molar-refractivity contribution in [1.29, 1.82) is 0 Å². The fraction of sp³-hybridized carbons (Fsp3) is 0.867. The molecule has 5 heteroatoms. The van der Waals surface area contributed by atoms with E-state index in [2.05, 4.69) is 33.8 Å². The SMILES string of the molecule is CC=C1C(=O)[C@@H]2[C@H](CC[C@]3(C)[C@@H]([C@H](C)CCC(=O)O)CC[C@@H]23)[C@@]2(C)CC[C@@H](OCCOCC)C[C@@H]12. The lowest BCUT2D eigenvalue weighted by Crippen LogP contribution is -2.58. The molecule has 0 unspecified atom stereocenters. The lowest BCUT2D eigenvalue weighted by Gasteiger charge is -2.61. The minimum atomic E-state index is -0.697. The monoisotopic (exact) mass is 488 g/mol. The Labute approximate surface area is 212 Å². The van der Waals surface area contributed by atoms with Crippen LogP contribution < -0.4 is 0 Å². The molecule has 0 aliphatic heterocycles. The molecule has 4 aliphatic rings. The van der Waals surface area contributed by atoms with E-state index in [9.17, 15) is 14.7 Å². The fourth-order valence-electron chi connectivity index (χ4n) is 9.27. The summed E-state index contributed by atoms with van der Waals surface area (Å²) in [4.78, 5) is 25.4. The Morgan fingerprint density at radius 1 is 1.11 bits per heavy atom. The molecule has 4 fully saturated rings. The molecule has 0 amide bonds. The van der Waals surface area contributed by atoms with E-state index in [1.54, 1.807) is 0 Å². The third-order valence-electron chi connectivity index (χ3n) is 11.0. The maximum Gasteiger partial charge on any atom is 0.303 e. The molecule has 4 rings (SSSR count). The number of rotatable bonds is 9. The van der Waals surface area contributed by atoms with Gasteiger partial charge in [-0.05, 0) is 111 Å². The molecule has 0 saturated heterocycles. The molecule has 4 saturated carbocycles. The van der Waals surface area contributed by atoms with Crippen LogP contribution in [0.3, 0.4) is 0 Å². The number of carbonyl (C=O) groups excluding carboxylic acids is 1. The number of carboxylic acids is 1. The molecule has 0 spiro atoms. The van der Waals surface area contributed by atoms with Gasteiger partial charge in [-0.15, -0.1) is 0 Å². The van der Waals surface area contributed by atoms with Crippen molar-refractivity contribution in [3.63, 3.8) is 0 Å². The molecule has 0 radical (unpaired) electrons. The van der Waals surface area contributed by atoms with Crippen LogP contribution >= 0.6 is 0 Å². The average molecular weight is 489 g/mol. The zero-order chi connectivity index (χ0) is 25.4. The van der Waals surface area contributed by atoms with E-state index in [0.717, 1.165) is 50.5 Å². The van der Waals surface area contributed by atoms with Gasteiger partial charge in [-0.3, -0.25) is 9.59 Å². The van der Waals surface area contributed by atoms with Gasteiger partial charge < -0.3 is 14.6 Å². The Morgan fingerprint density at radius 3 is 2.51 bits per heavy atom. The number of ether oxygens (including phenoxy) is 2. The van der Waals surface area contributed by atoms with Crippen LogP contribution in [-0.4, -0.2) is 42.8 Å². The Balaban J connectivity index is 1.53. The van der Waals surface area contributed by atoms with Crippen LogP contribution in [0.2, 0.25) is 0 Å². The highest BCUT2D eigenvalue weighted by Crippen LogP contribution is 2.68. The van der Waals surface area contributed by atoms with Gasteiger partial charge in [0.1, 0.15) is 0 Å². The van der Waals surface area contributed by atoms with Gasteiger partial charge in [0.05, 0.1) is 19.3 Å². The lowest BCUT2D eigenvalue weighted by atomic mass is 9.43. The van der Waals surface area contributed by atoms with Crippen LogP contribution in [0.25, 0.3) is 0 Å². The predicted octanol–water partition coefficient (Wildman–Crippen LogP) is 6.30. The summed E-state index contributed by atoms with van der Waals surface area (Å²) in [5, 5.41) is 9.21. The minimum absolute atomic E-state index is 0.133. The minimum Gasteiger partial charge on any atom is -0.481 e. The molecule has 9 atom stereocenters. The van der Waals surface area contributed by atoms with Crippen molar-refractivity contribution in [3.05, 3.63) is 11.6 Å². The molecule has 4 aliphatic carbocycles. The van der Waals surface area contributed by atoms with Crippen LogP contribution in [0, 0.1) is 46.3 Å². The highest BCUT2D eigenvalue weighted by atomic mass is 16.5. The normalized spacial score (nSPS) is 42.9. The molecule has 0 aromatic carbocycles. The molecule has 0 heterocycles. The van der Waals surface area contributed by atoms with Gasteiger partial charge in [0.25, 0.3) is 0 Å². The van der Waals surface area contributed by atoms with E-state index < -0.39 is 5.97 Å². The Kier molecular flexibility index (Phi) is 8.17. The molecular weight excluding hydrogens is 440 g/mol. The number of fused-ring (bicyclic) bond motifs is 5. The van der Waals surface area contributed by atoms with Crippen molar-refractivity contribution >= 4 is 11.8 Å². The highest BCUT2D eigenvalue weighted by molar-refractivity contribution is 5.99. The van der Waals surface area contributed by atoms with Gasteiger partial charge in [-0.25, -0.2) is 0 Å².